The maximum Gasteiger partial charge on any atom is 0.339 e. The second-order valence-electron chi connectivity index (χ2n) is 6.42. The quantitative estimate of drug-likeness (QED) is 0.440. The minimum absolute atomic E-state index is 0.213. The second-order valence-corrected chi connectivity index (χ2v) is 6.42. The van der Waals surface area contributed by atoms with Crippen LogP contribution < -0.4 is 0 Å². The molecule has 0 radical (unpaired) electrons. The van der Waals surface area contributed by atoms with E-state index in [0.717, 1.165) is 39.4 Å². The van der Waals surface area contributed by atoms with Gasteiger partial charge in [-0.25, -0.2) is 4.79 Å². The summed E-state index contributed by atoms with van der Waals surface area (Å²) in [4.78, 5) is 12.6. The van der Waals surface area contributed by atoms with Crippen LogP contribution in [0.25, 0.3) is 32.7 Å². The summed E-state index contributed by atoms with van der Waals surface area (Å²) in [6.07, 6.45) is 0.768. The fraction of sp³-hybridized carbons (Fsp3) is 0.0870. The summed E-state index contributed by atoms with van der Waals surface area (Å²) >= 11 is 0. The van der Waals surface area contributed by atoms with Gasteiger partial charge in [-0.1, -0.05) is 72.8 Å². The van der Waals surface area contributed by atoms with Crippen molar-refractivity contribution >= 4 is 27.5 Å². The minimum Gasteiger partial charge on any atom is -0.462 e. The molecule has 0 aromatic heterocycles. The Morgan fingerprint density at radius 1 is 0.720 bits per heavy atom. The van der Waals surface area contributed by atoms with Gasteiger partial charge < -0.3 is 4.74 Å². The van der Waals surface area contributed by atoms with E-state index in [2.05, 4.69) is 48.5 Å². The first-order valence-corrected chi connectivity index (χ1v) is 8.53. The van der Waals surface area contributed by atoms with Crippen LogP contribution in [0.3, 0.4) is 0 Å². The highest BCUT2D eigenvalue weighted by atomic mass is 16.5. The number of hydrogen-bond acceptors (Lipinski definition) is 2. The molecule has 1 aliphatic rings. The normalized spacial score (nSPS) is 13.7. The molecule has 0 saturated heterocycles. The van der Waals surface area contributed by atoms with E-state index in [4.69, 9.17) is 4.74 Å². The van der Waals surface area contributed by atoms with Gasteiger partial charge in [0.1, 0.15) is 0 Å². The van der Waals surface area contributed by atoms with E-state index in [1.54, 1.807) is 0 Å². The molecule has 0 saturated carbocycles. The average molecular weight is 324 g/mol. The third-order valence-corrected chi connectivity index (χ3v) is 5.00. The van der Waals surface area contributed by atoms with Gasteiger partial charge in [-0.2, -0.15) is 0 Å². The van der Waals surface area contributed by atoms with Crippen LogP contribution in [-0.4, -0.2) is 12.6 Å². The van der Waals surface area contributed by atoms with E-state index in [9.17, 15) is 4.79 Å². The monoisotopic (exact) mass is 324 g/mol. The first-order chi connectivity index (χ1) is 12.3. The van der Waals surface area contributed by atoms with E-state index in [1.807, 2.05) is 24.3 Å². The predicted octanol–water partition coefficient (Wildman–Crippen LogP) is 5.37. The highest BCUT2D eigenvalue weighted by Crippen LogP contribution is 2.39. The van der Waals surface area contributed by atoms with Gasteiger partial charge in [0.2, 0.25) is 0 Å². The van der Waals surface area contributed by atoms with Gasteiger partial charge in [-0.05, 0) is 32.7 Å². The van der Waals surface area contributed by atoms with Crippen LogP contribution in [-0.2, 0) is 11.2 Å². The Kier molecular flexibility index (Phi) is 3.10. The van der Waals surface area contributed by atoms with E-state index >= 15 is 0 Å². The van der Waals surface area contributed by atoms with Crippen molar-refractivity contribution in [2.75, 3.05) is 6.61 Å². The largest absolute Gasteiger partial charge is 0.462 e. The lowest BCUT2D eigenvalue weighted by molar-refractivity contribution is 0.0482. The molecule has 0 fully saturated rings. The SMILES string of the molecule is O=C1OCCc2cc3ccccc3c(-c3cccc4ccccc34)c21. The van der Waals surface area contributed by atoms with Gasteiger partial charge in [-0.15, -0.1) is 0 Å². The van der Waals surface area contributed by atoms with Crippen molar-refractivity contribution in [3.8, 4) is 11.1 Å². The molecule has 120 valence electrons. The lowest BCUT2D eigenvalue weighted by Gasteiger charge is -2.22. The summed E-state index contributed by atoms with van der Waals surface area (Å²) < 4.78 is 5.39. The summed E-state index contributed by atoms with van der Waals surface area (Å²) in [5.41, 5.74) is 3.89. The third kappa shape index (κ3) is 2.14. The van der Waals surface area contributed by atoms with Crippen LogP contribution >= 0.6 is 0 Å². The number of rotatable bonds is 1. The highest BCUT2D eigenvalue weighted by Gasteiger charge is 2.25. The molecule has 1 heterocycles. The average Bonchev–Trinajstić information content (AvgIpc) is 2.66. The molecular formula is C23H16O2. The first-order valence-electron chi connectivity index (χ1n) is 8.53. The number of fused-ring (bicyclic) bond motifs is 3. The number of cyclic esters (lactones) is 1. The van der Waals surface area contributed by atoms with Crippen molar-refractivity contribution in [3.63, 3.8) is 0 Å². The summed E-state index contributed by atoms with van der Waals surface area (Å²) in [5.74, 6) is -0.213. The molecule has 4 aromatic carbocycles. The molecule has 25 heavy (non-hydrogen) atoms. The molecule has 5 rings (SSSR count). The Balaban J connectivity index is 1.98. The minimum atomic E-state index is -0.213. The van der Waals surface area contributed by atoms with Crippen molar-refractivity contribution in [1.82, 2.24) is 0 Å². The Bertz CT molecular complexity index is 1140. The number of esters is 1. The smallest absolute Gasteiger partial charge is 0.339 e. The highest BCUT2D eigenvalue weighted by molar-refractivity contribution is 6.14. The molecule has 4 aromatic rings. The molecule has 2 heteroatoms. The molecule has 2 nitrogen and oxygen atoms in total. The molecule has 0 amide bonds. The zero-order valence-corrected chi connectivity index (χ0v) is 13.7. The van der Waals surface area contributed by atoms with Gasteiger partial charge >= 0.3 is 5.97 Å². The zero-order valence-electron chi connectivity index (χ0n) is 13.7. The predicted molar refractivity (Wildman–Crippen MR) is 101 cm³/mol. The Morgan fingerprint density at radius 3 is 2.32 bits per heavy atom. The van der Waals surface area contributed by atoms with Crippen molar-refractivity contribution in [3.05, 3.63) is 83.9 Å². The van der Waals surface area contributed by atoms with Gasteiger partial charge in [0.25, 0.3) is 0 Å². The van der Waals surface area contributed by atoms with Gasteiger partial charge in [0.15, 0.2) is 0 Å². The summed E-state index contributed by atoms with van der Waals surface area (Å²) in [7, 11) is 0. The fourth-order valence-corrected chi connectivity index (χ4v) is 3.88. The maximum atomic E-state index is 12.6. The van der Waals surface area contributed by atoms with E-state index in [-0.39, 0.29) is 5.97 Å². The number of carbonyl (C=O) groups is 1. The van der Waals surface area contributed by atoms with Gasteiger partial charge in [0, 0.05) is 12.0 Å². The van der Waals surface area contributed by atoms with Gasteiger partial charge in [-0.3, -0.25) is 0 Å². The number of benzene rings is 4. The maximum absolute atomic E-state index is 12.6. The summed E-state index contributed by atoms with van der Waals surface area (Å²) in [6.45, 7) is 0.457. The van der Waals surface area contributed by atoms with Crippen LogP contribution in [0.5, 0.6) is 0 Å². The van der Waals surface area contributed by atoms with E-state index < -0.39 is 0 Å². The summed E-state index contributed by atoms with van der Waals surface area (Å²) in [5, 5.41) is 4.59. The summed E-state index contributed by atoms with van der Waals surface area (Å²) in [6, 6.07) is 25.0. The molecule has 0 aliphatic carbocycles. The van der Waals surface area contributed by atoms with Crippen LogP contribution in [0.1, 0.15) is 15.9 Å². The van der Waals surface area contributed by atoms with Crippen molar-refractivity contribution in [2.24, 2.45) is 0 Å². The Morgan fingerprint density at radius 2 is 1.44 bits per heavy atom. The lowest BCUT2D eigenvalue weighted by Crippen LogP contribution is -2.19. The molecule has 0 atom stereocenters. The van der Waals surface area contributed by atoms with Crippen LogP contribution in [0.15, 0.2) is 72.8 Å². The first kappa shape index (κ1) is 14.2. The molecule has 0 N–H and O–H groups in total. The van der Waals surface area contributed by atoms with Crippen LogP contribution in [0.4, 0.5) is 0 Å². The third-order valence-electron chi connectivity index (χ3n) is 5.00. The van der Waals surface area contributed by atoms with Gasteiger partial charge in [0.05, 0.1) is 12.2 Å². The zero-order chi connectivity index (χ0) is 16.8. The van der Waals surface area contributed by atoms with Crippen molar-refractivity contribution < 1.29 is 9.53 Å². The topological polar surface area (TPSA) is 26.3 Å². The van der Waals surface area contributed by atoms with E-state index in [1.165, 1.54) is 10.8 Å². The lowest BCUT2D eigenvalue weighted by atomic mass is 9.86. The standard InChI is InChI=1S/C23H16O2/c24-23-21-17(12-13-25-23)14-16-7-2-4-10-19(16)22(21)20-11-5-8-15-6-1-3-9-18(15)20/h1-11,14H,12-13H2. The number of ether oxygens (including phenoxy) is 1. The molecule has 0 spiro atoms. The van der Waals surface area contributed by atoms with Crippen molar-refractivity contribution in [1.29, 1.82) is 0 Å². The number of carbonyl (C=O) groups excluding carboxylic acids is 1. The molecule has 0 bridgehead atoms. The second kappa shape index (κ2) is 5.45. The molecular weight excluding hydrogens is 308 g/mol. The van der Waals surface area contributed by atoms with Crippen LogP contribution in [0.2, 0.25) is 0 Å². The Hall–Kier alpha value is -3.13. The number of hydrogen-bond donors (Lipinski definition) is 0. The fourth-order valence-electron chi connectivity index (χ4n) is 3.88. The Labute approximate surface area is 145 Å². The molecule has 1 aliphatic heterocycles. The van der Waals surface area contributed by atoms with E-state index in [0.29, 0.717) is 6.61 Å². The van der Waals surface area contributed by atoms with Crippen LogP contribution in [0, 0.1) is 0 Å². The van der Waals surface area contributed by atoms with Crippen molar-refractivity contribution in [2.45, 2.75) is 6.42 Å². The molecule has 0 unspecified atom stereocenters.